The normalized spacial score (nSPS) is 20.1. The summed E-state index contributed by atoms with van der Waals surface area (Å²) in [6.07, 6.45) is 1.85. The van der Waals surface area contributed by atoms with Gasteiger partial charge < -0.3 is 10.5 Å². The van der Waals surface area contributed by atoms with Gasteiger partial charge in [-0.3, -0.25) is 0 Å². The highest BCUT2D eigenvalue weighted by molar-refractivity contribution is 5.21. The second-order valence-corrected chi connectivity index (χ2v) is 4.00. The Bertz CT molecular complexity index is 323. The Balaban J connectivity index is 2.12. The van der Waals surface area contributed by atoms with Gasteiger partial charge in [-0.25, -0.2) is 4.39 Å². The van der Waals surface area contributed by atoms with Crippen LogP contribution in [0, 0.1) is 11.7 Å². The molecule has 2 nitrogen and oxygen atoms in total. The van der Waals surface area contributed by atoms with E-state index < -0.39 is 0 Å². The minimum atomic E-state index is -0.199. The summed E-state index contributed by atoms with van der Waals surface area (Å²) in [7, 11) is 0. The summed E-state index contributed by atoms with van der Waals surface area (Å²) in [5, 5.41) is 0. The zero-order valence-corrected chi connectivity index (χ0v) is 8.66. The van der Waals surface area contributed by atoms with E-state index in [4.69, 9.17) is 10.5 Å². The number of nitrogens with two attached hydrogens (primary N) is 1. The van der Waals surface area contributed by atoms with Crippen LogP contribution in [0.25, 0.3) is 0 Å². The molecule has 1 atom stereocenters. The van der Waals surface area contributed by atoms with Crippen LogP contribution in [0.15, 0.2) is 24.3 Å². The van der Waals surface area contributed by atoms with Crippen molar-refractivity contribution >= 4 is 0 Å². The highest BCUT2D eigenvalue weighted by Gasteiger charge is 2.23. The smallest absolute Gasteiger partial charge is 0.127 e. The molecule has 15 heavy (non-hydrogen) atoms. The van der Waals surface area contributed by atoms with E-state index in [2.05, 4.69) is 0 Å². The molecule has 1 fully saturated rings. The standard InChI is InChI=1S/C12H16FNO/c13-11-4-2-1-3-10(11)12(14)9-5-7-15-8-6-9/h1-4,9,12H,5-8,14H2. The second-order valence-electron chi connectivity index (χ2n) is 4.00. The quantitative estimate of drug-likeness (QED) is 0.810. The molecule has 1 aliphatic heterocycles. The molecule has 0 radical (unpaired) electrons. The summed E-state index contributed by atoms with van der Waals surface area (Å²) >= 11 is 0. The van der Waals surface area contributed by atoms with E-state index in [0.29, 0.717) is 11.5 Å². The molecule has 0 aliphatic carbocycles. The Morgan fingerprint density at radius 2 is 1.93 bits per heavy atom. The van der Waals surface area contributed by atoms with Crippen molar-refractivity contribution in [1.29, 1.82) is 0 Å². The third kappa shape index (κ3) is 2.36. The van der Waals surface area contributed by atoms with E-state index in [9.17, 15) is 4.39 Å². The van der Waals surface area contributed by atoms with Crippen molar-refractivity contribution in [2.45, 2.75) is 18.9 Å². The van der Waals surface area contributed by atoms with Gasteiger partial charge in [0.15, 0.2) is 0 Å². The Kier molecular flexibility index (Phi) is 3.34. The number of hydrogen-bond donors (Lipinski definition) is 1. The van der Waals surface area contributed by atoms with Crippen LogP contribution < -0.4 is 5.73 Å². The Morgan fingerprint density at radius 1 is 1.27 bits per heavy atom. The van der Waals surface area contributed by atoms with Crippen molar-refractivity contribution in [2.75, 3.05) is 13.2 Å². The van der Waals surface area contributed by atoms with E-state index in [-0.39, 0.29) is 11.9 Å². The molecular formula is C12H16FNO. The lowest BCUT2D eigenvalue weighted by Gasteiger charge is -2.28. The summed E-state index contributed by atoms with van der Waals surface area (Å²) in [6.45, 7) is 1.49. The van der Waals surface area contributed by atoms with Crippen LogP contribution in [0.2, 0.25) is 0 Å². The molecule has 3 heteroatoms. The summed E-state index contributed by atoms with van der Waals surface area (Å²) in [6, 6.07) is 6.56. The second kappa shape index (κ2) is 4.73. The van der Waals surface area contributed by atoms with Gasteiger partial charge >= 0.3 is 0 Å². The Labute approximate surface area is 89.2 Å². The number of ether oxygens (including phenoxy) is 1. The molecule has 1 aromatic rings. The molecule has 0 saturated carbocycles. The molecule has 1 aromatic carbocycles. The first kappa shape index (κ1) is 10.6. The van der Waals surface area contributed by atoms with Gasteiger partial charge in [0.25, 0.3) is 0 Å². The number of halogens is 1. The minimum absolute atomic E-state index is 0.198. The summed E-state index contributed by atoms with van der Waals surface area (Å²) in [4.78, 5) is 0. The van der Waals surface area contributed by atoms with Crippen molar-refractivity contribution in [2.24, 2.45) is 11.7 Å². The van der Waals surface area contributed by atoms with E-state index in [1.165, 1.54) is 6.07 Å². The summed E-state index contributed by atoms with van der Waals surface area (Å²) < 4.78 is 18.8. The zero-order valence-electron chi connectivity index (χ0n) is 8.66. The zero-order chi connectivity index (χ0) is 10.7. The molecule has 0 aromatic heterocycles. The molecule has 1 aliphatic rings. The van der Waals surface area contributed by atoms with E-state index >= 15 is 0 Å². The molecule has 1 unspecified atom stereocenters. The first-order chi connectivity index (χ1) is 7.29. The van der Waals surface area contributed by atoms with Gasteiger partial charge in [0.05, 0.1) is 0 Å². The van der Waals surface area contributed by atoms with Crippen LogP contribution in [-0.2, 0) is 4.74 Å². The van der Waals surface area contributed by atoms with Gasteiger partial charge in [-0.05, 0) is 24.8 Å². The lowest BCUT2D eigenvalue weighted by Crippen LogP contribution is -2.28. The van der Waals surface area contributed by atoms with Gasteiger partial charge in [0.1, 0.15) is 5.82 Å². The van der Waals surface area contributed by atoms with Crippen molar-refractivity contribution in [3.63, 3.8) is 0 Å². The van der Waals surface area contributed by atoms with Crippen LogP contribution in [0.4, 0.5) is 4.39 Å². The van der Waals surface area contributed by atoms with Crippen molar-refractivity contribution < 1.29 is 9.13 Å². The van der Waals surface area contributed by atoms with Crippen LogP contribution in [-0.4, -0.2) is 13.2 Å². The average Bonchev–Trinajstić information content (AvgIpc) is 2.30. The molecule has 1 saturated heterocycles. The minimum Gasteiger partial charge on any atom is -0.381 e. The fourth-order valence-electron chi connectivity index (χ4n) is 2.07. The predicted octanol–water partition coefficient (Wildman–Crippen LogP) is 2.25. The maximum Gasteiger partial charge on any atom is 0.127 e. The highest BCUT2D eigenvalue weighted by atomic mass is 19.1. The van der Waals surface area contributed by atoms with Gasteiger partial charge in [0, 0.05) is 24.8 Å². The lowest BCUT2D eigenvalue weighted by atomic mass is 9.87. The van der Waals surface area contributed by atoms with E-state index in [1.54, 1.807) is 12.1 Å². The van der Waals surface area contributed by atoms with Crippen LogP contribution >= 0.6 is 0 Å². The first-order valence-electron chi connectivity index (χ1n) is 5.37. The number of hydrogen-bond acceptors (Lipinski definition) is 2. The van der Waals surface area contributed by atoms with Crippen molar-refractivity contribution in [3.8, 4) is 0 Å². The monoisotopic (exact) mass is 209 g/mol. The van der Waals surface area contributed by atoms with Gasteiger partial charge in [-0.2, -0.15) is 0 Å². The lowest BCUT2D eigenvalue weighted by molar-refractivity contribution is 0.0580. The van der Waals surface area contributed by atoms with Crippen LogP contribution in [0.3, 0.4) is 0 Å². The number of benzene rings is 1. The van der Waals surface area contributed by atoms with Gasteiger partial charge in [-0.1, -0.05) is 18.2 Å². The van der Waals surface area contributed by atoms with Crippen molar-refractivity contribution in [3.05, 3.63) is 35.6 Å². The first-order valence-corrected chi connectivity index (χ1v) is 5.37. The SMILES string of the molecule is NC(c1ccccc1F)C1CCOCC1. The maximum atomic E-state index is 13.5. The molecule has 0 spiro atoms. The fourth-order valence-corrected chi connectivity index (χ4v) is 2.07. The third-order valence-corrected chi connectivity index (χ3v) is 3.04. The molecule has 0 bridgehead atoms. The molecule has 2 N–H and O–H groups in total. The average molecular weight is 209 g/mol. The Morgan fingerprint density at radius 3 is 2.60 bits per heavy atom. The van der Waals surface area contributed by atoms with E-state index in [1.807, 2.05) is 6.07 Å². The predicted molar refractivity (Wildman–Crippen MR) is 56.9 cm³/mol. The van der Waals surface area contributed by atoms with Crippen molar-refractivity contribution in [1.82, 2.24) is 0 Å². The largest absolute Gasteiger partial charge is 0.381 e. The topological polar surface area (TPSA) is 35.2 Å². The molecule has 2 rings (SSSR count). The van der Waals surface area contributed by atoms with Crippen LogP contribution in [0.5, 0.6) is 0 Å². The molecule has 0 amide bonds. The van der Waals surface area contributed by atoms with E-state index in [0.717, 1.165) is 26.1 Å². The number of rotatable bonds is 2. The van der Waals surface area contributed by atoms with Crippen LogP contribution in [0.1, 0.15) is 24.4 Å². The Hall–Kier alpha value is -0.930. The van der Waals surface area contributed by atoms with Gasteiger partial charge in [0.2, 0.25) is 0 Å². The molecule has 82 valence electrons. The van der Waals surface area contributed by atoms with Gasteiger partial charge in [-0.15, -0.1) is 0 Å². The third-order valence-electron chi connectivity index (χ3n) is 3.04. The summed E-state index contributed by atoms with van der Waals surface area (Å²) in [5.74, 6) is 0.146. The molecule has 1 heterocycles. The molecular weight excluding hydrogens is 193 g/mol. The fraction of sp³-hybridized carbons (Fsp3) is 0.500. The summed E-state index contributed by atoms with van der Waals surface area (Å²) in [5.41, 5.74) is 6.70. The highest BCUT2D eigenvalue weighted by Crippen LogP contribution is 2.29. The maximum absolute atomic E-state index is 13.5.